The van der Waals surface area contributed by atoms with Gasteiger partial charge in [-0.15, -0.1) is 0 Å². The molecule has 0 spiro atoms. The number of benzene rings is 2. The minimum absolute atomic E-state index is 0.128. The monoisotopic (exact) mass is 377 g/mol. The van der Waals surface area contributed by atoms with E-state index in [-0.39, 0.29) is 19.1 Å². The second-order valence-electron chi connectivity index (χ2n) is 5.45. The second-order valence-corrected chi connectivity index (χ2v) is 6.37. The summed E-state index contributed by atoms with van der Waals surface area (Å²) in [6.45, 7) is 4.12. The van der Waals surface area contributed by atoms with Crippen LogP contribution in [0, 0.1) is 13.8 Å². The standard InChI is InChI=1S/C18H20BrNO3/c1-12-4-3-5-16(8-12)23-11-15(21)10-20-18(22)17-7-6-14(19)9-13(17)2/h3-9,15,21H,10-11H2,1-2H3,(H,20,22). The number of rotatable bonds is 6. The average Bonchev–Trinajstić information content (AvgIpc) is 2.50. The quantitative estimate of drug-likeness (QED) is 0.812. The normalized spacial score (nSPS) is 11.8. The van der Waals surface area contributed by atoms with Crippen molar-refractivity contribution in [3.8, 4) is 5.75 Å². The molecule has 0 radical (unpaired) electrons. The van der Waals surface area contributed by atoms with Crippen LogP contribution in [0.25, 0.3) is 0 Å². The first-order valence-electron chi connectivity index (χ1n) is 7.37. The Morgan fingerprint density at radius 3 is 2.74 bits per heavy atom. The number of halogens is 1. The Hall–Kier alpha value is -1.85. The Kier molecular flexibility index (Phi) is 6.19. The summed E-state index contributed by atoms with van der Waals surface area (Å²) in [5.41, 5.74) is 2.57. The predicted octanol–water partition coefficient (Wildman–Crippen LogP) is 3.24. The minimum atomic E-state index is -0.768. The van der Waals surface area contributed by atoms with Gasteiger partial charge in [-0.25, -0.2) is 0 Å². The number of aliphatic hydroxyl groups excluding tert-OH is 1. The van der Waals surface area contributed by atoms with Crippen LogP contribution >= 0.6 is 15.9 Å². The number of carbonyl (C=O) groups is 1. The van der Waals surface area contributed by atoms with E-state index < -0.39 is 6.10 Å². The maximum Gasteiger partial charge on any atom is 0.251 e. The van der Waals surface area contributed by atoms with E-state index in [4.69, 9.17) is 4.74 Å². The minimum Gasteiger partial charge on any atom is -0.491 e. The Balaban J connectivity index is 1.81. The van der Waals surface area contributed by atoms with Crippen LogP contribution in [0.15, 0.2) is 46.9 Å². The zero-order valence-corrected chi connectivity index (χ0v) is 14.8. The van der Waals surface area contributed by atoms with E-state index in [0.29, 0.717) is 11.3 Å². The lowest BCUT2D eigenvalue weighted by atomic mass is 10.1. The molecule has 2 N–H and O–H groups in total. The highest BCUT2D eigenvalue weighted by Crippen LogP contribution is 2.16. The highest BCUT2D eigenvalue weighted by atomic mass is 79.9. The zero-order chi connectivity index (χ0) is 16.8. The number of nitrogens with one attached hydrogen (secondary N) is 1. The van der Waals surface area contributed by atoms with Crippen molar-refractivity contribution in [2.24, 2.45) is 0 Å². The zero-order valence-electron chi connectivity index (χ0n) is 13.2. The topological polar surface area (TPSA) is 58.6 Å². The summed E-state index contributed by atoms with van der Waals surface area (Å²) in [4.78, 5) is 12.1. The van der Waals surface area contributed by atoms with Crippen molar-refractivity contribution < 1.29 is 14.6 Å². The van der Waals surface area contributed by atoms with Crippen LogP contribution in [0.4, 0.5) is 0 Å². The Morgan fingerprint density at radius 2 is 2.04 bits per heavy atom. The molecule has 1 amide bonds. The lowest BCUT2D eigenvalue weighted by Crippen LogP contribution is -2.35. The molecule has 5 heteroatoms. The molecule has 4 nitrogen and oxygen atoms in total. The van der Waals surface area contributed by atoms with Gasteiger partial charge >= 0.3 is 0 Å². The molecule has 2 aromatic carbocycles. The van der Waals surface area contributed by atoms with E-state index in [1.165, 1.54) is 0 Å². The smallest absolute Gasteiger partial charge is 0.251 e. The van der Waals surface area contributed by atoms with E-state index in [1.54, 1.807) is 6.07 Å². The molecule has 23 heavy (non-hydrogen) atoms. The van der Waals surface area contributed by atoms with E-state index in [9.17, 15) is 9.90 Å². The van der Waals surface area contributed by atoms with E-state index >= 15 is 0 Å². The lowest BCUT2D eigenvalue weighted by Gasteiger charge is -2.14. The molecule has 2 aromatic rings. The summed E-state index contributed by atoms with van der Waals surface area (Å²) < 4.78 is 6.45. The molecule has 0 saturated heterocycles. The van der Waals surface area contributed by atoms with Crippen molar-refractivity contribution in [2.75, 3.05) is 13.2 Å². The summed E-state index contributed by atoms with van der Waals surface area (Å²) in [6, 6.07) is 13.1. The number of aliphatic hydroxyl groups is 1. The fourth-order valence-electron chi connectivity index (χ4n) is 2.14. The molecule has 0 saturated carbocycles. The van der Waals surface area contributed by atoms with Crippen LogP contribution in [0.2, 0.25) is 0 Å². The molecule has 2 rings (SSSR count). The third-order valence-corrected chi connectivity index (χ3v) is 3.86. The van der Waals surface area contributed by atoms with Gasteiger partial charge in [-0.2, -0.15) is 0 Å². The van der Waals surface area contributed by atoms with Crippen molar-refractivity contribution in [2.45, 2.75) is 20.0 Å². The summed E-state index contributed by atoms with van der Waals surface area (Å²) in [6.07, 6.45) is -0.768. The number of ether oxygens (including phenoxy) is 1. The van der Waals surface area contributed by atoms with Crippen LogP contribution in [0.5, 0.6) is 5.75 Å². The molecule has 122 valence electrons. The van der Waals surface area contributed by atoms with Gasteiger partial charge in [0.05, 0.1) is 0 Å². The van der Waals surface area contributed by atoms with Crippen LogP contribution in [-0.2, 0) is 0 Å². The Bertz CT molecular complexity index is 688. The van der Waals surface area contributed by atoms with Crippen molar-refractivity contribution in [1.29, 1.82) is 0 Å². The molecule has 0 heterocycles. The van der Waals surface area contributed by atoms with Crippen LogP contribution in [0.1, 0.15) is 21.5 Å². The van der Waals surface area contributed by atoms with Gasteiger partial charge in [0.1, 0.15) is 18.5 Å². The van der Waals surface area contributed by atoms with Crippen molar-refractivity contribution in [3.63, 3.8) is 0 Å². The first-order valence-corrected chi connectivity index (χ1v) is 8.17. The van der Waals surface area contributed by atoms with Gasteiger partial charge in [0.15, 0.2) is 0 Å². The van der Waals surface area contributed by atoms with Crippen LogP contribution in [0.3, 0.4) is 0 Å². The summed E-state index contributed by atoms with van der Waals surface area (Å²) in [7, 11) is 0. The molecule has 0 aliphatic rings. The van der Waals surface area contributed by atoms with Crippen LogP contribution < -0.4 is 10.1 Å². The molecule has 0 aromatic heterocycles. The van der Waals surface area contributed by atoms with Gasteiger partial charge in [0.2, 0.25) is 0 Å². The largest absolute Gasteiger partial charge is 0.491 e. The van der Waals surface area contributed by atoms with Gasteiger partial charge in [-0.05, 0) is 55.3 Å². The first kappa shape index (κ1) is 17.5. The SMILES string of the molecule is Cc1cccc(OCC(O)CNC(=O)c2ccc(Br)cc2C)c1. The van der Waals surface area contributed by atoms with Gasteiger partial charge in [-0.3, -0.25) is 4.79 Å². The molecule has 1 unspecified atom stereocenters. The maximum absolute atomic E-state index is 12.1. The number of aryl methyl sites for hydroxylation is 2. The van der Waals surface area contributed by atoms with Gasteiger partial charge in [-0.1, -0.05) is 28.1 Å². The van der Waals surface area contributed by atoms with Crippen molar-refractivity contribution >= 4 is 21.8 Å². The molecule has 0 aliphatic carbocycles. The molecular formula is C18H20BrNO3. The molecule has 0 fully saturated rings. The Labute approximate surface area is 144 Å². The summed E-state index contributed by atoms with van der Waals surface area (Å²) in [5, 5.41) is 12.7. The number of carbonyl (C=O) groups excluding carboxylic acids is 1. The fourth-order valence-corrected chi connectivity index (χ4v) is 2.62. The fraction of sp³-hybridized carbons (Fsp3) is 0.278. The maximum atomic E-state index is 12.1. The third-order valence-electron chi connectivity index (χ3n) is 3.36. The average molecular weight is 378 g/mol. The van der Waals surface area contributed by atoms with E-state index in [1.807, 2.05) is 50.2 Å². The van der Waals surface area contributed by atoms with E-state index in [0.717, 1.165) is 15.6 Å². The lowest BCUT2D eigenvalue weighted by molar-refractivity contribution is 0.0843. The van der Waals surface area contributed by atoms with E-state index in [2.05, 4.69) is 21.2 Å². The van der Waals surface area contributed by atoms with Gasteiger partial charge < -0.3 is 15.2 Å². The number of amides is 1. The summed E-state index contributed by atoms with van der Waals surface area (Å²) >= 11 is 3.37. The van der Waals surface area contributed by atoms with Gasteiger partial charge in [0, 0.05) is 16.6 Å². The molecule has 0 aliphatic heterocycles. The van der Waals surface area contributed by atoms with Gasteiger partial charge in [0.25, 0.3) is 5.91 Å². The number of hydrogen-bond acceptors (Lipinski definition) is 3. The second kappa shape index (κ2) is 8.13. The van der Waals surface area contributed by atoms with Crippen molar-refractivity contribution in [1.82, 2.24) is 5.32 Å². The summed E-state index contributed by atoms with van der Waals surface area (Å²) in [5.74, 6) is 0.503. The molecule has 0 bridgehead atoms. The third kappa shape index (κ3) is 5.37. The predicted molar refractivity (Wildman–Crippen MR) is 93.9 cm³/mol. The van der Waals surface area contributed by atoms with Crippen molar-refractivity contribution in [3.05, 3.63) is 63.6 Å². The van der Waals surface area contributed by atoms with Crippen LogP contribution in [-0.4, -0.2) is 30.3 Å². The molecule has 1 atom stereocenters. The highest BCUT2D eigenvalue weighted by molar-refractivity contribution is 9.10. The molecular weight excluding hydrogens is 358 g/mol. The first-order chi connectivity index (χ1) is 11.0. The Morgan fingerprint density at radius 1 is 1.26 bits per heavy atom. The number of hydrogen-bond donors (Lipinski definition) is 2. The highest BCUT2D eigenvalue weighted by Gasteiger charge is 2.12.